The Balaban J connectivity index is 3.06. The summed E-state index contributed by atoms with van der Waals surface area (Å²) in [5.74, 6) is -0.972. The molecule has 0 aromatic heterocycles. The van der Waals surface area contributed by atoms with Crippen molar-refractivity contribution in [2.75, 3.05) is 13.2 Å². The lowest BCUT2D eigenvalue weighted by molar-refractivity contribution is 0.119. The molecule has 0 saturated heterocycles. The third-order valence-corrected chi connectivity index (χ3v) is 5.98. The van der Waals surface area contributed by atoms with Crippen molar-refractivity contribution in [2.24, 2.45) is 5.41 Å². The summed E-state index contributed by atoms with van der Waals surface area (Å²) in [7, 11) is -3.99. The summed E-state index contributed by atoms with van der Waals surface area (Å²) in [4.78, 5) is -0.370. The molecule has 2 N–H and O–H groups in total. The lowest BCUT2D eigenvalue weighted by Gasteiger charge is -2.29. The van der Waals surface area contributed by atoms with Gasteiger partial charge in [-0.1, -0.05) is 37.0 Å². The number of rotatable bonds is 7. The molecule has 4 nitrogen and oxygen atoms in total. The minimum atomic E-state index is -3.99. The van der Waals surface area contributed by atoms with Crippen molar-refractivity contribution >= 4 is 33.2 Å². The Kier molecular flexibility index (Phi) is 6.43. The van der Waals surface area contributed by atoms with Gasteiger partial charge in [-0.15, -0.1) is 0 Å². The minimum Gasteiger partial charge on any atom is -0.396 e. The van der Waals surface area contributed by atoms with Crippen molar-refractivity contribution in [3.63, 3.8) is 0 Å². The molecule has 0 atom stereocenters. The SMILES string of the molecule is CCC(CC)(CO)CNS(=O)(=O)c1ccc(Cl)c(F)c1Cl. The van der Waals surface area contributed by atoms with Crippen LogP contribution in [-0.4, -0.2) is 26.7 Å². The van der Waals surface area contributed by atoms with Crippen LogP contribution in [0.5, 0.6) is 0 Å². The normalized spacial score (nSPS) is 12.7. The van der Waals surface area contributed by atoms with Crippen LogP contribution in [0.1, 0.15) is 26.7 Å². The molecule has 0 bridgehead atoms. The van der Waals surface area contributed by atoms with Crippen LogP contribution in [0.15, 0.2) is 17.0 Å². The van der Waals surface area contributed by atoms with Crippen molar-refractivity contribution in [1.82, 2.24) is 4.72 Å². The van der Waals surface area contributed by atoms with Crippen LogP contribution in [0, 0.1) is 11.2 Å². The molecule has 0 spiro atoms. The second-order valence-electron chi connectivity index (χ2n) is 4.86. The second kappa shape index (κ2) is 7.24. The molecule has 1 aromatic carbocycles. The zero-order valence-electron chi connectivity index (χ0n) is 11.8. The largest absolute Gasteiger partial charge is 0.396 e. The Bertz CT molecular complexity index is 595. The van der Waals surface area contributed by atoms with E-state index in [1.807, 2.05) is 13.8 Å². The van der Waals surface area contributed by atoms with E-state index in [1.165, 1.54) is 0 Å². The summed E-state index contributed by atoms with van der Waals surface area (Å²) in [6.45, 7) is 3.62. The summed E-state index contributed by atoms with van der Waals surface area (Å²) in [6, 6.07) is 2.28. The highest BCUT2D eigenvalue weighted by atomic mass is 35.5. The highest BCUT2D eigenvalue weighted by molar-refractivity contribution is 7.89. The zero-order chi connectivity index (χ0) is 16.3. The molecule has 0 fully saturated rings. The number of benzene rings is 1. The molecule has 120 valence electrons. The van der Waals surface area contributed by atoms with E-state index in [0.29, 0.717) is 12.8 Å². The van der Waals surface area contributed by atoms with Gasteiger partial charge in [0, 0.05) is 18.6 Å². The molecule has 1 aromatic rings. The van der Waals surface area contributed by atoms with Crippen molar-refractivity contribution < 1.29 is 17.9 Å². The van der Waals surface area contributed by atoms with E-state index in [2.05, 4.69) is 4.72 Å². The van der Waals surface area contributed by atoms with E-state index in [-0.39, 0.29) is 23.1 Å². The number of aliphatic hydroxyl groups excluding tert-OH is 1. The first-order valence-corrected chi connectivity index (χ1v) is 8.71. The Morgan fingerprint density at radius 1 is 1.29 bits per heavy atom. The van der Waals surface area contributed by atoms with Crippen LogP contribution in [0.4, 0.5) is 4.39 Å². The highest BCUT2D eigenvalue weighted by Gasteiger charge is 2.29. The van der Waals surface area contributed by atoms with Gasteiger partial charge in [0.15, 0.2) is 5.82 Å². The Labute approximate surface area is 134 Å². The quantitative estimate of drug-likeness (QED) is 0.736. The molecule has 0 heterocycles. The molecule has 0 aliphatic carbocycles. The number of sulfonamides is 1. The van der Waals surface area contributed by atoms with Crippen molar-refractivity contribution in [1.29, 1.82) is 0 Å². The van der Waals surface area contributed by atoms with Crippen molar-refractivity contribution in [3.8, 4) is 0 Å². The van der Waals surface area contributed by atoms with Gasteiger partial charge in [-0.3, -0.25) is 0 Å². The first kappa shape index (κ1) is 18.6. The van der Waals surface area contributed by atoms with Crippen LogP contribution < -0.4 is 4.72 Å². The van der Waals surface area contributed by atoms with Gasteiger partial charge in [-0.2, -0.15) is 0 Å². The summed E-state index contributed by atoms with van der Waals surface area (Å²) < 4.78 is 40.4. The minimum absolute atomic E-state index is 0.0411. The van der Waals surface area contributed by atoms with Gasteiger partial charge in [0.2, 0.25) is 10.0 Å². The van der Waals surface area contributed by atoms with E-state index in [4.69, 9.17) is 23.2 Å². The first-order chi connectivity index (χ1) is 9.73. The number of aliphatic hydroxyl groups is 1. The third kappa shape index (κ3) is 4.07. The van der Waals surface area contributed by atoms with E-state index < -0.39 is 26.3 Å². The fourth-order valence-electron chi connectivity index (χ4n) is 1.82. The molecule has 8 heteroatoms. The van der Waals surface area contributed by atoms with E-state index in [0.717, 1.165) is 12.1 Å². The van der Waals surface area contributed by atoms with Gasteiger partial charge >= 0.3 is 0 Å². The maximum atomic E-state index is 13.6. The smallest absolute Gasteiger partial charge is 0.242 e. The van der Waals surface area contributed by atoms with Gasteiger partial charge in [0.05, 0.1) is 10.0 Å². The molecule has 0 aliphatic heterocycles. The van der Waals surface area contributed by atoms with Crippen LogP contribution in [-0.2, 0) is 10.0 Å². The number of halogens is 3. The van der Waals surface area contributed by atoms with Crippen LogP contribution in [0.2, 0.25) is 10.0 Å². The predicted octanol–water partition coefficient (Wildman–Crippen LogP) is 3.21. The Morgan fingerprint density at radius 3 is 2.33 bits per heavy atom. The number of hydrogen-bond acceptors (Lipinski definition) is 3. The van der Waals surface area contributed by atoms with Gasteiger partial charge in [-0.25, -0.2) is 17.5 Å². The summed E-state index contributed by atoms with van der Waals surface area (Å²) in [5, 5.41) is 8.65. The Hall–Kier alpha value is -0.400. The molecular formula is C13H18Cl2FNO3S. The van der Waals surface area contributed by atoms with E-state index in [1.54, 1.807) is 0 Å². The monoisotopic (exact) mass is 357 g/mol. The summed E-state index contributed by atoms with van der Waals surface area (Å²) >= 11 is 11.3. The Morgan fingerprint density at radius 2 is 1.86 bits per heavy atom. The lowest BCUT2D eigenvalue weighted by atomic mass is 9.84. The molecule has 0 aliphatic rings. The lowest BCUT2D eigenvalue weighted by Crippen LogP contribution is -2.39. The van der Waals surface area contributed by atoms with Crippen LogP contribution in [0.25, 0.3) is 0 Å². The number of nitrogens with one attached hydrogen (secondary N) is 1. The average molecular weight is 358 g/mol. The maximum absolute atomic E-state index is 13.6. The predicted molar refractivity (Wildman–Crippen MR) is 81.7 cm³/mol. The highest BCUT2D eigenvalue weighted by Crippen LogP contribution is 2.30. The summed E-state index contributed by atoms with van der Waals surface area (Å²) in [5.41, 5.74) is -0.551. The van der Waals surface area contributed by atoms with Gasteiger partial charge in [0.25, 0.3) is 0 Å². The summed E-state index contributed by atoms with van der Waals surface area (Å²) in [6.07, 6.45) is 1.20. The maximum Gasteiger partial charge on any atom is 0.242 e. The topological polar surface area (TPSA) is 66.4 Å². The average Bonchev–Trinajstić information content (AvgIpc) is 2.46. The molecule has 0 saturated carbocycles. The fourth-order valence-corrected chi connectivity index (χ4v) is 3.72. The first-order valence-electron chi connectivity index (χ1n) is 6.47. The van der Waals surface area contributed by atoms with Gasteiger partial charge < -0.3 is 5.11 Å². The van der Waals surface area contributed by atoms with Crippen molar-refractivity contribution in [3.05, 3.63) is 28.0 Å². The van der Waals surface area contributed by atoms with E-state index >= 15 is 0 Å². The van der Waals surface area contributed by atoms with E-state index in [9.17, 15) is 17.9 Å². The number of hydrogen-bond donors (Lipinski definition) is 2. The molecular weight excluding hydrogens is 340 g/mol. The van der Waals surface area contributed by atoms with Gasteiger partial charge in [-0.05, 0) is 25.0 Å². The van der Waals surface area contributed by atoms with Crippen molar-refractivity contribution in [2.45, 2.75) is 31.6 Å². The van der Waals surface area contributed by atoms with Crippen LogP contribution >= 0.6 is 23.2 Å². The van der Waals surface area contributed by atoms with Crippen LogP contribution in [0.3, 0.4) is 0 Å². The van der Waals surface area contributed by atoms with Gasteiger partial charge in [0.1, 0.15) is 4.90 Å². The standard InChI is InChI=1S/C13H18Cl2FNO3S/c1-3-13(4-2,8-18)7-17-21(19,20)10-6-5-9(14)12(16)11(10)15/h5-6,17-18H,3-4,7-8H2,1-2H3. The molecule has 0 unspecified atom stereocenters. The fraction of sp³-hybridized carbons (Fsp3) is 0.538. The second-order valence-corrected chi connectivity index (χ2v) is 7.38. The molecule has 0 amide bonds. The molecule has 0 radical (unpaired) electrons. The molecule has 21 heavy (non-hydrogen) atoms. The molecule has 1 rings (SSSR count). The third-order valence-electron chi connectivity index (χ3n) is 3.76. The zero-order valence-corrected chi connectivity index (χ0v) is 14.1.